The lowest BCUT2D eigenvalue weighted by molar-refractivity contribution is -0.302. The van der Waals surface area contributed by atoms with E-state index >= 15 is 0 Å². The van der Waals surface area contributed by atoms with Gasteiger partial charge < -0.3 is 45.1 Å². The predicted molar refractivity (Wildman–Crippen MR) is 296 cm³/mol. The van der Waals surface area contributed by atoms with Crippen molar-refractivity contribution < 1.29 is 49.3 Å². The molecule has 1 saturated heterocycles. The van der Waals surface area contributed by atoms with Crippen molar-refractivity contribution in [2.45, 2.75) is 294 Å². The van der Waals surface area contributed by atoms with E-state index in [1.54, 1.807) is 6.08 Å². The molecule has 1 heterocycles. The van der Waals surface area contributed by atoms with Crippen molar-refractivity contribution in [3.8, 4) is 0 Å². The average Bonchev–Trinajstić information content (AvgIpc) is 3.38. The summed E-state index contributed by atoms with van der Waals surface area (Å²) in [6, 6.07) is -0.832. The van der Waals surface area contributed by atoms with Crippen molar-refractivity contribution in [2.75, 3.05) is 19.8 Å². The maximum absolute atomic E-state index is 13.0. The summed E-state index contributed by atoms with van der Waals surface area (Å²) in [6.07, 6.45) is 54.8. The Bertz CT molecular complexity index is 1380. The van der Waals surface area contributed by atoms with Crippen LogP contribution in [0.4, 0.5) is 0 Å². The topological polar surface area (TPSA) is 175 Å². The Morgan fingerprint density at radius 3 is 1.49 bits per heavy atom. The number of aliphatic hydroxyl groups is 5. The zero-order chi connectivity index (χ0) is 52.4. The minimum atomic E-state index is -1.58. The molecule has 0 saturated carbocycles. The minimum Gasteiger partial charge on any atom is -0.465 e. The Labute approximate surface area is 439 Å². The first-order valence-corrected chi connectivity index (χ1v) is 29.6. The summed E-state index contributed by atoms with van der Waals surface area (Å²) in [6.45, 7) is 4.15. The number of aliphatic hydroxyl groups excluding tert-OH is 5. The van der Waals surface area contributed by atoms with E-state index < -0.39 is 49.5 Å². The number of rotatable bonds is 50. The highest BCUT2D eigenvalue weighted by molar-refractivity contribution is 5.76. The standard InChI is InChI=1S/C61H109NO10/c1-3-5-7-9-11-13-15-29-33-37-41-45-49-57(66)70-50-46-42-38-34-30-26-24-22-20-18-16-17-19-21-23-25-28-32-36-40-44-48-56(65)62-53(52-71-61-60(69)59(68)58(67)55(51-63)72-61)54(64)47-43-39-35-31-27-14-12-10-8-6-4-2/h11,13,26-27,30-31,38,42-43,47,53-55,58-61,63-64,67-69H,3-10,12,14-25,28-29,32-37,39-41,44-46,48-52H2,1-2H3,(H,62,65)/b13-11-,30-26-,31-27+,42-38-,47-43+. The number of hydrogen-bond donors (Lipinski definition) is 6. The predicted octanol–water partition coefficient (Wildman–Crippen LogP) is 13.4. The number of ether oxygens (including phenoxy) is 3. The quantitative estimate of drug-likeness (QED) is 0.0195. The molecule has 1 rings (SSSR count). The van der Waals surface area contributed by atoms with Crippen LogP contribution in [0.2, 0.25) is 0 Å². The Morgan fingerprint density at radius 2 is 0.944 bits per heavy atom. The van der Waals surface area contributed by atoms with Gasteiger partial charge >= 0.3 is 5.97 Å². The van der Waals surface area contributed by atoms with Gasteiger partial charge in [0.25, 0.3) is 0 Å². The van der Waals surface area contributed by atoms with Gasteiger partial charge in [0.2, 0.25) is 5.91 Å². The van der Waals surface area contributed by atoms with E-state index in [4.69, 9.17) is 14.2 Å². The molecule has 0 aromatic rings. The van der Waals surface area contributed by atoms with Gasteiger partial charge in [0.15, 0.2) is 6.29 Å². The molecule has 11 nitrogen and oxygen atoms in total. The van der Waals surface area contributed by atoms with Gasteiger partial charge in [-0.1, -0.05) is 209 Å². The molecule has 0 aromatic heterocycles. The number of allylic oxidation sites excluding steroid dienone is 8. The van der Waals surface area contributed by atoms with Crippen LogP contribution in [-0.4, -0.2) is 100 Å². The Hall–Kier alpha value is -2.64. The fraction of sp³-hybridized carbons (Fsp3) is 0.803. The van der Waals surface area contributed by atoms with Crippen LogP contribution in [-0.2, 0) is 23.8 Å². The molecule has 6 N–H and O–H groups in total. The van der Waals surface area contributed by atoms with Crippen LogP contribution in [0, 0.1) is 0 Å². The molecule has 1 amide bonds. The zero-order valence-electron chi connectivity index (χ0n) is 45.9. The minimum absolute atomic E-state index is 0.0599. The van der Waals surface area contributed by atoms with Gasteiger partial charge in [0.1, 0.15) is 24.4 Å². The molecule has 0 spiro atoms. The molecule has 1 fully saturated rings. The molecule has 7 unspecified atom stereocenters. The summed E-state index contributed by atoms with van der Waals surface area (Å²) in [5, 5.41) is 54.2. The van der Waals surface area contributed by atoms with Crippen molar-refractivity contribution in [3.05, 3.63) is 60.8 Å². The van der Waals surface area contributed by atoms with Crippen LogP contribution < -0.4 is 5.32 Å². The summed E-state index contributed by atoms with van der Waals surface area (Å²) in [5.74, 6) is -0.259. The van der Waals surface area contributed by atoms with Crippen LogP contribution in [0.25, 0.3) is 0 Å². The number of carbonyl (C=O) groups is 2. The van der Waals surface area contributed by atoms with E-state index in [0.29, 0.717) is 19.4 Å². The third kappa shape index (κ3) is 39.8. The highest BCUT2D eigenvalue weighted by atomic mass is 16.7. The molecule has 0 bridgehead atoms. The first-order valence-electron chi connectivity index (χ1n) is 29.6. The summed E-state index contributed by atoms with van der Waals surface area (Å²) in [5.41, 5.74) is 0. The van der Waals surface area contributed by atoms with Gasteiger partial charge in [0.05, 0.1) is 32.0 Å². The fourth-order valence-corrected chi connectivity index (χ4v) is 8.87. The monoisotopic (exact) mass is 1020 g/mol. The van der Waals surface area contributed by atoms with Crippen molar-refractivity contribution in [1.29, 1.82) is 0 Å². The van der Waals surface area contributed by atoms with Gasteiger partial charge in [-0.3, -0.25) is 9.59 Å². The molecule has 11 heteroatoms. The summed E-state index contributed by atoms with van der Waals surface area (Å²) < 4.78 is 16.6. The Kier molecular flexibility index (Phi) is 47.3. The summed E-state index contributed by atoms with van der Waals surface area (Å²) in [7, 11) is 0. The maximum atomic E-state index is 13.0. The van der Waals surface area contributed by atoms with Crippen molar-refractivity contribution in [1.82, 2.24) is 5.32 Å². The van der Waals surface area contributed by atoms with Gasteiger partial charge in [-0.2, -0.15) is 0 Å². The molecular weight excluding hydrogens is 907 g/mol. The first-order chi connectivity index (χ1) is 35.2. The van der Waals surface area contributed by atoms with Crippen LogP contribution in [0.5, 0.6) is 0 Å². The third-order valence-corrected chi connectivity index (χ3v) is 13.6. The molecule has 72 heavy (non-hydrogen) atoms. The molecule has 0 radical (unpaired) electrons. The lowest BCUT2D eigenvalue weighted by atomic mass is 9.99. The zero-order valence-corrected chi connectivity index (χ0v) is 45.9. The molecule has 0 aromatic carbocycles. The van der Waals surface area contributed by atoms with E-state index in [-0.39, 0.29) is 18.5 Å². The molecule has 1 aliphatic rings. The van der Waals surface area contributed by atoms with Crippen LogP contribution in [0.3, 0.4) is 0 Å². The number of unbranched alkanes of at least 4 members (excludes halogenated alkanes) is 28. The second kappa shape index (κ2) is 50.5. The van der Waals surface area contributed by atoms with Crippen molar-refractivity contribution >= 4 is 11.9 Å². The number of esters is 1. The second-order valence-corrected chi connectivity index (χ2v) is 20.3. The Morgan fingerprint density at radius 1 is 0.514 bits per heavy atom. The molecule has 0 aliphatic carbocycles. The number of amides is 1. The van der Waals surface area contributed by atoms with Gasteiger partial charge in [-0.05, 0) is 89.9 Å². The van der Waals surface area contributed by atoms with Crippen molar-refractivity contribution in [3.63, 3.8) is 0 Å². The molecule has 1 aliphatic heterocycles. The third-order valence-electron chi connectivity index (χ3n) is 13.6. The molecular formula is C61H109NO10. The highest BCUT2D eigenvalue weighted by Crippen LogP contribution is 2.23. The number of nitrogens with one attached hydrogen (secondary N) is 1. The van der Waals surface area contributed by atoms with Crippen LogP contribution >= 0.6 is 0 Å². The summed E-state index contributed by atoms with van der Waals surface area (Å²) in [4.78, 5) is 25.0. The summed E-state index contributed by atoms with van der Waals surface area (Å²) >= 11 is 0. The van der Waals surface area contributed by atoms with E-state index in [1.807, 2.05) is 6.08 Å². The lowest BCUT2D eigenvalue weighted by Gasteiger charge is -2.40. The van der Waals surface area contributed by atoms with Crippen molar-refractivity contribution in [2.24, 2.45) is 0 Å². The van der Waals surface area contributed by atoms with E-state index in [2.05, 4.69) is 67.8 Å². The SMILES string of the molecule is CCCCC/C=C\CCCCCCCC(=O)OCC/C=C\C/C=C\CCCCCCCCCCCCCCCCC(=O)NC(COC1OC(CO)C(O)C(O)C1O)C(O)/C=C/CC/C=C/CCCCCCC. The van der Waals surface area contributed by atoms with E-state index in [9.17, 15) is 35.1 Å². The molecule has 418 valence electrons. The van der Waals surface area contributed by atoms with Crippen LogP contribution in [0.15, 0.2) is 60.8 Å². The van der Waals surface area contributed by atoms with Crippen LogP contribution in [0.1, 0.15) is 251 Å². The van der Waals surface area contributed by atoms with Gasteiger partial charge in [-0.25, -0.2) is 0 Å². The number of carbonyl (C=O) groups excluding carboxylic acids is 2. The fourth-order valence-electron chi connectivity index (χ4n) is 8.87. The normalized spacial score (nSPS) is 19.5. The largest absolute Gasteiger partial charge is 0.465 e. The number of hydrogen-bond acceptors (Lipinski definition) is 10. The average molecular weight is 1020 g/mol. The Balaban J connectivity index is 2.09. The second-order valence-electron chi connectivity index (χ2n) is 20.3. The molecule has 7 atom stereocenters. The highest BCUT2D eigenvalue weighted by Gasteiger charge is 2.44. The van der Waals surface area contributed by atoms with Gasteiger partial charge in [-0.15, -0.1) is 0 Å². The lowest BCUT2D eigenvalue weighted by Crippen LogP contribution is -2.60. The smallest absolute Gasteiger partial charge is 0.305 e. The van der Waals surface area contributed by atoms with E-state index in [1.165, 1.54) is 148 Å². The van der Waals surface area contributed by atoms with E-state index in [0.717, 1.165) is 77.0 Å². The van der Waals surface area contributed by atoms with Gasteiger partial charge in [0, 0.05) is 12.8 Å². The maximum Gasteiger partial charge on any atom is 0.305 e. The first kappa shape index (κ1) is 67.4.